The molecular weight excluding hydrogens is 328 g/mol. The van der Waals surface area contributed by atoms with Gasteiger partial charge in [-0.05, 0) is 61.2 Å². The fourth-order valence-corrected chi connectivity index (χ4v) is 4.20. The molecule has 1 aliphatic rings. The second kappa shape index (κ2) is 6.80. The largest absolute Gasteiger partial charge is 0.311 e. The predicted octanol–water partition coefficient (Wildman–Crippen LogP) is 3.29. The van der Waals surface area contributed by atoms with E-state index < -0.39 is 0 Å². The molecule has 1 N–H and O–H groups in total. The summed E-state index contributed by atoms with van der Waals surface area (Å²) in [6, 6.07) is 0.363. The first-order chi connectivity index (χ1) is 9.86. The minimum Gasteiger partial charge on any atom is -0.311 e. The van der Waals surface area contributed by atoms with Gasteiger partial charge in [-0.1, -0.05) is 20.3 Å². The standard InChI is InChI=1S/C16H29BrN4/c1-16(2)8-6-7-12(16)14(18-3)15-13(17)11-19-21(15)10-9-20(4)5/h11-12,14,18H,6-10H2,1-5H3. The van der Waals surface area contributed by atoms with Crippen LogP contribution in [-0.2, 0) is 6.54 Å². The number of hydrogen-bond donors (Lipinski definition) is 1. The van der Waals surface area contributed by atoms with Crippen LogP contribution < -0.4 is 5.32 Å². The number of rotatable bonds is 6. The zero-order valence-corrected chi connectivity index (χ0v) is 15.6. The Hall–Kier alpha value is -0.390. The average molecular weight is 357 g/mol. The van der Waals surface area contributed by atoms with E-state index in [1.807, 2.05) is 6.20 Å². The lowest BCUT2D eigenvalue weighted by molar-refractivity contribution is 0.195. The van der Waals surface area contributed by atoms with Crippen LogP contribution in [0.15, 0.2) is 10.7 Å². The van der Waals surface area contributed by atoms with Crippen molar-refractivity contribution in [3.05, 3.63) is 16.4 Å². The summed E-state index contributed by atoms with van der Waals surface area (Å²) >= 11 is 3.71. The molecule has 1 heterocycles. The molecule has 0 aromatic carbocycles. The van der Waals surface area contributed by atoms with Gasteiger partial charge in [0.05, 0.1) is 29.0 Å². The van der Waals surface area contributed by atoms with Gasteiger partial charge in [0.2, 0.25) is 0 Å². The van der Waals surface area contributed by atoms with E-state index in [0.29, 0.717) is 17.4 Å². The van der Waals surface area contributed by atoms with Gasteiger partial charge in [0.15, 0.2) is 0 Å². The van der Waals surface area contributed by atoms with Gasteiger partial charge >= 0.3 is 0 Å². The van der Waals surface area contributed by atoms with E-state index in [0.717, 1.165) is 17.6 Å². The highest BCUT2D eigenvalue weighted by Gasteiger charge is 2.41. The van der Waals surface area contributed by atoms with Crippen molar-refractivity contribution in [2.45, 2.75) is 45.7 Å². The lowest BCUT2D eigenvalue weighted by atomic mass is 9.76. The zero-order chi connectivity index (χ0) is 15.6. The smallest absolute Gasteiger partial charge is 0.0699 e. The molecule has 0 aliphatic heterocycles. The first-order valence-corrected chi connectivity index (χ1v) is 8.69. The highest BCUT2D eigenvalue weighted by molar-refractivity contribution is 9.10. The Morgan fingerprint density at radius 3 is 2.76 bits per heavy atom. The molecule has 2 rings (SSSR count). The van der Waals surface area contributed by atoms with Crippen molar-refractivity contribution < 1.29 is 0 Å². The van der Waals surface area contributed by atoms with Gasteiger partial charge in [-0.25, -0.2) is 0 Å². The maximum Gasteiger partial charge on any atom is 0.0699 e. The minimum atomic E-state index is 0.363. The lowest BCUT2D eigenvalue weighted by Gasteiger charge is -2.34. The van der Waals surface area contributed by atoms with Crippen molar-refractivity contribution in [2.24, 2.45) is 11.3 Å². The quantitative estimate of drug-likeness (QED) is 0.848. The molecule has 0 radical (unpaired) electrons. The topological polar surface area (TPSA) is 33.1 Å². The third-order valence-corrected chi connectivity index (χ3v) is 5.55. The first-order valence-electron chi connectivity index (χ1n) is 7.90. The SMILES string of the molecule is CNC(c1c(Br)cnn1CCN(C)C)C1CCCC1(C)C. The van der Waals surface area contributed by atoms with Gasteiger partial charge in [0, 0.05) is 6.54 Å². The number of hydrogen-bond acceptors (Lipinski definition) is 3. The Morgan fingerprint density at radius 1 is 1.52 bits per heavy atom. The summed E-state index contributed by atoms with van der Waals surface area (Å²) in [7, 11) is 6.29. The van der Waals surface area contributed by atoms with Crippen molar-refractivity contribution in [1.82, 2.24) is 20.0 Å². The molecule has 1 fully saturated rings. The number of nitrogens with one attached hydrogen (secondary N) is 1. The molecule has 120 valence electrons. The lowest BCUT2D eigenvalue weighted by Crippen LogP contribution is -2.34. The number of aromatic nitrogens is 2. The third kappa shape index (κ3) is 3.69. The van der Waals surface area contributed by atoms with E-state index in [1.165, 1.54) is 25.0 Å². The van der Waals surface area contributed by atoms with Crippen LogP contribution in [0.2, 0.25) is 0 Å². The van der Waals surface area contributed by atoms with Gasteiger partial charge in [0.25, 0.3) is 0 Å². The normalized spacial score (nSPS) is 22.9. The molecular formula is C16H29BrN4. The first kappa shape index (κ1) is 17.0. The van der Waals surface area contributed by atoms with Gasteiger partial charge in [-0.3, -0.25) is 4.68 Å². The third-order valence-electron chi connectivity index (χ3n) is 4.94. The van der Waals surface area contributed by atoms with E-state index in [-0.39, 0.29) is 0 Å². The molecule has 21 heavy (non-hydrogen) atoms. The molecule has 0 bridgehead atoms. The highest BCUT2D eigenvalue weighted by atomic mass is 79.9. The van der Waals surface area contributed by atoms with E-state index in [2.05, 4.69) is 70.9 Å². The summed E-state index contributed by atoms with van der Waals surface area (Å²) in [6.45, 7) is 6.75. The number of likely N-dealkylation sites (N-methyl/N-ethyl adjacent to an activating group) is 1. The Balaban J connectivity index is 2.27. The van der Waals surface area contributed by atoms with Crippen LogP contribution in [0.3, 0.4) is 0 Å². The summed E-state index contributed by atoms with van der Waals surface area (Å²) in [4.78, 5) is 2.20. The molecule has 0 amide bonds. The Labute approximate surface area is 137 Å². The molecule has 0 saturated heterocycles. The maximum atomic E-state index is 4.58. The Kier molecular flexibility index (Phi) is 5.49. The van der Waals surface area contributed by atoms with Crippen molar-refractivity contribution in [3.8, 4) is 0 Å². The monoisotopic (exact) mass is 356 g/mol. The second-order valence-corrected chi connectivity index (χ2v) is 8.01. The maximum absolute atomic E-state index is 4.58. The van der Waals surface area contributed by atoms with Crippen molar-refractivity contribution in [1.29, 1.82) is 0 Å². The van der Waals surface area contributed by atoms with Crippen LogP contribution >= 0.6 is 15.9 Å². The van der Waals surface area contributed by atoms with E-state index in [9.17, 15) is 0 Å². The summed E-state index contributed by atoms with van der Waals surface area (Å²) in [5, 5.41) is 8.15. The molecule has 1 aliphatic carbocycles. The summed E-state index contributed by atoms with van der Waals surface area (Å²) < 4.78 is 3.29. The Bertz CT molecular complexity index is 467. The predicted molar refractivity (Wildman–Crippen MR) is 91.4 cm³/mol. The van der Waals surface area contributed by atoms with E-state index in [4.69, 9.17) is 0 Å². The summed E-state index contributed by atoms with van der Waals surface area (Å²) in [5.41, 5.74) is 1.70. The van der Waals surface area contributed by atoms with Crippen LogP contribution in [-0.4, -0.2) is 42.4 Å². The van der Waals surface area contributed by atoms with Crippen molar-refractivity contribution >= 4 is 15.9 Å². The molecule has 5 heteroatoms. The minimum absolute atomic E-state index is 0.363. The summed E-state index contributed by atoms with van der Waals surface area (Å²) in [6.07, 6.45) is 5.89. The second-order valence-electron chi connectivity index (χ2n) is 7.16. The molecule has 1 saturated carbocycles. The molecule has 4 nitrogen and oxygen atoms in total. The van der Waals surface area contributed by atoms with Crippen LogP contribution in [0.5, 0.6) is 0 Å². The van der Waals surface area contributed by atoms with Gasteiger partial charge < -0.3 is 10.2 Å². The highest BCUT2D eigenvalue weighted by Crippen LogP contribution is 2.49. The van der Waals surface area contributed by atoms with E-state index in [1.54, 1.807) is 0 Å². The van der Waals surface area contributed by atoms with Gasteiger partial charge in [-0.15, -0.1) is 0 Å². The van der Waals surface area contributed by atoms with Crippen LogP contribution in [0.25, 0.3) is 0 Å². The molecule has 0 spiro atoms. The van der Waals surface area contributed by atoms with Crippen LogP contribution in [0, 0.1) is 11.3 Å². The van der Waals surface area contributed by atoms with E-state index >= 15 is 0 Å². The molecule has 1 aromatic rings. The van der Waals surface area contributed by atoms with Gasteiger partial charge in [0.1, 0.15) is 0 Å². The molecule has 1 aromatic heterocycles. The van der Waals surface area contributed by atoms with Gasteiger partial charge in [-0.2, -0.15) is 5.10 Å². The van der Waals surface area contributed by atoms with Crippen molar-refractivity contribution in [2.75, 3.05) is 27.7 Å². The Morgan fingerprint density at radius 2 is 2.24 bits per heavy atom. The average Bonchev–Trinajstić information content (AvgIpc) is 2.93. The van der Waals surface area contributed by atoms with Crippen molar-refractivity contribution in [3.63, 3.8) is 0 Å². The fourth-order valence-electron chi connectivity index (χ4n) is 3.65. The molecule has 2 atom stereocenters. The van der Waals surface area contributed by atoms with Crippen LogP contribution in [0.4, 0.5) is 0 Å². The molecule has 2 unspecified atom stereocenters. The number of nitrogens with zero attached hydrogens (tertiary/aromatic N) is 3. The summed E-state index contributed by atoms with van der Waals surface area (Å²) in [5.74, 6) is 0.661. The fraction of sp³-hybridized carbons (Fsp3) is 0.812. The van der Waals surface area contributed by atoms with Crippen LogP contribution in [0.1, 0.15) is 44.8 Å². The zero-order valence-electron chi connectivity index (χ0n) is 14.0. The number of halogens is 1.